The Kier molecular flexibility index (Phi) is 6.68. The fourth-order valence-corrected chi connectivity index (χ4v) is 4.25. The maximum atomic E-state index is 11.9. The van der Waals surface area contributed by atoms with Crippen LogP contribution in [0.3, 0.4) is 0 Å². The number of carbonyl (C=O) groups excluding carboxylic acids is 1. The van der Waals surface area contributed by atoms with Gasteiger partial charge in [-0.3, -0.25) is 14.7 Å². The van der Waals surface area contributed by atoms with Gasteiger partial charge in [-0.2, -0.15) is 0 Å². The molecule has 0 heterocycles. The highest BCUT2D eigenvalue weighted by molar-refractivity contribution is 6.37. The van der Waals surface area contributed by atoms with Crippen molar-refractivity contribution in [2.75, 3.05) is 14.1 Å². The Morgan fingerprint density at radius 1 is 1.27 bits per heavy atom. The van der Waals surface area contributed by atoms with Gasteiger partial charge in [-0.05, 0) is 81.3 Å². The normalized spacial score (nSPS) is 24.8. The van der Waals surface area contributed by atoms with Gasteiger partial charge in [-0.1, -0.05) is 39.3 Å². The highest BCUT2D eigenvalue weighted by atomic mass is 35.5. The smallest absolute Gasteiger partial charge is 0.168 e. The van der Waals surface area contributed by atoms with Gasteiger partial charge in [-0.25, -0.2) is 0 Å². The number of hydrogen-bond acceptors (Lipinski definition) is 3. The Hall–Kier alpha value is -1.19. The van der Waals surface area contributed by atoms with Crippen molar-refractivity contribution in [3.63, 3.8) is 0 Å². The van der Waals surface area contributed by atoms with Crippen LogP contribution in [0.1, 0.15) is 64.5 Å². The molecule has 1 fully saturated rings. The van der Waals surface area contributed by atoms with Crippen molar-refractivity contribution in [3.05, 3.63) is 34.3 Å². The predicted molar refractivity (Wildman–Crippen MR) is 111 cm³/mol. The summed E-state index contributed by atoms with van der Waals surface area (Å²) in [7, 11) is 4.14. The molecule has 0 radical (unpaired) electrons. The first-order valence-corrected chi connectivity index (χ1v) is 10.0. The van der Waals surface area contributed by atoms with Gasteiger partial charge < -0.3 is 0 Å². The van der Waals surface area contributed by atoms with Gasteiger partial charge in [0.2, 0.25) is 0 Å². The average Bonchev–Trinajstić information content (AvgIpc) is 2.58. The van der Waals surface area contributed by atoms with E-state index in [1.54, 1.807) is 0 Å². The first kappa shape index (κ1) is 21.1. The molecule has 1 aromatic carbocycles. The lowest BCUT2D eigenvalue weighted by atomic mass is 9.69. The van der Waals surface area contributed by atoms with E-state index in [-0.39, 0.29) is 5.66 Å². The molecule has 1 aliphatic carbocycles. The molecule has 0 unspecified atom stereocenters. The van der Waals surface area contributed by atoms with E-state index in [0.717, 1.165) is 49.5 Å². The summed E-state index contributed by atoms with van der Waals surface area (Å²) in [5.41, 5.74) is 2.46. The second kappa shape index (κ2) is 8.22. The van der Waals surface area contributed by atoms with Crippen LogP contribution in [0.4, 0.5) is 0 Å². The molecule has 1 saturated carbocycles. The summed E-state index contributed by atoms with van der Waals surface area (Å²) in [5.74, 6) is 0.698. The number of rotatable bonds is 5. The molecule has 2 rings (SSSR count). The number of aliphatic imine (C=N–C) groups is 1. The Morgan fingerprint density at radius 2 is 1.88 bits per heavy atom. The highest BCUT2D eigenvalue weighted by Gasteiger charge is 2.40. The highest BCUT2D eigenvalue weighted by Crippen LogP contribution is 2.43. The van der Waals surface area contributed by atoms with Gasteiger partial charge in [0.15, 0.2) is 6.29 Å². The number of nitrogens with zero attached hydrogens (tertiary/aromatic N) is 2. The van der Waals surface area contributed by atoms with Gasteiger partial charge >= 0.3 is 0 Å². The quantitative estimate of drug-likeness (QED) is 0.510. The third-order valence-corrected chi connectivity index (χ3v) is 6.16. The van der Waals surface area contributed by atoms with Crippen molar-refractivity contribution in [2.24, 2.45) is 16.3 Å². The van der Waals surface area contributed by atoms with E-state index in [1.165, 1.54) is 0 Å². The van der Waals surface area contributed by atoms with E-state index >= 15 is 0 Å². The summed E-state index contributed by atoms with van der Waals surface area (Å²) >= 11 is 6.26. The summed E-state index contributed by atoms with van der Waals surface area (Å²) < 4.78 is 0. The molecule has 26 heavy (non-hydrogen) atoms. The second-order valence-electron chi connectivity index (χ2n) is 8.83. The molecule has 0 bridgehead atoms. The van der Waals surface area contributed by atoms with E-state index in [0.29, 0.717) is 22.1 Å². The fourth-order valence-electron chi connectivity index (χ4n) is 3.99. The third kappa shape index (κ3) is 4.75. The molecule has 0 spiro atoms. The SMILES string of the molecule is CCc1cc(Cl)cc(/C(C=O)=N/C2(N(C)C)CCC(C(C)(C)C)CC2)c1. The van der Waals surface area contributed by atoms with Crippen LogP contribution in [0, 0.1) is 11.3 Å². The molecular formula is C22H33ClN2O. The van der Waals surface area contributed by atoms with E-state index < -0.39 is 0 Å². The summed E-state index contributed by atoms with van der Waals surface area (Å²) in [6.07, 6.45) is 5.97. The molecule has 144 valence electrons. The van der Waals surface area contributed by atoms with Crippen LogP contribution in [0.15, 0.2) is 23.2 Å². The van der Waals surface area contributed by atoms with Gasteiger partial charge in [0, 0.05) is 10.6 Å². The number of aldehydes is 1. The zero-order valence-electron chi connectivity index (χ0n) is 17.1. The molecule has 0 atom stereocenters. The molecule has 4 heteroatoms. The third-order valence-electron chi connectivity index (χ3n) is 5.95. The van der Waals surface area contributed by atoms with E-state index in [9.17, 15) is 4.79 Å². The molecule has 0 aliphatic heterocycles. The average molecular weight is 377 g/mol. The Balaban J connectivity index is 2.38. The van der Waals surface area contributed by atoms with Crippen molar-refractivity contribution < 1.29 is 4.79 Å². The standard InChI is InChI=1S/C22H33ClN2O/c1-7-16-12-17(14-19(23)13-16)20(15-26)24-22(25(5)6)10-8-18(9-11-22)21(2,3)4/h12-15,18H,7-11H2,1-6H3/b24-20+. The Bertz CT molecular complexity index is 665. The zero-order valence-corrected chi connectivity index (χ0v) is 17.9. The topological polar surface area (TPSA) is 32.7 Å². The zero-order chi connectivity index (χ0) is 19.5. The molecular weight excluding hydrogens is 344 g/mol. The Morgan fingerprint density at radius 3 is 2.35 bits per heavy atom. The van der Waals surface area contributed by atoms with Crippen molar-refractivity contribution >= 4 is 23.6 Å². The van der Waals surface area contributed by atoms with E-state index in [4.69, 9.17) is 16.6 Å². The molecule has 0 aromatic heterocycles. The minimum atomic E-state index is -0.313. The van der Waals surface area contributed by atoms with Gasteiger partial charge in [0.1, 0.15) is 11.4 Å². The van der Waals surface area contributed by atoms with Crippen LogP contribution in [0.25, 0.3) is 0 Å². The van der Waals surface area contributed by atoms with Crippen molar-refractivity contribution in [3.8, 4) is 0 Å². The Labute approximate surface area is 163 Å². The number of benzene rings is 1. The van der Waals surface area contributed by atoms with E-state index in [1.807, 2.05) is 18.2 Å². The molecule has 0 saturated heterocycles. The van der Waals surface area contributed by atoms with Crippen LogP contribution in [-0.2, 0) is 11.2 Å². The largest absolute Gasteiger partial charge is 0.296 e. The van der Waals surface area contributed by atoms with Crippen molar-refractivity contribution in [1.82, 2.24) is 4.90 Å². The first-order chi connectivity index (χ1) is 12.1. The summed E-state index contributed by atoms with van der Waals surface area (Å²) in [6.45, 7) is 9.04. The van der Waals surface area contributed by atoms with Crippen LogP contribution in [-0.4, -0.2) is 36.7 Å². The van der Waals surface area contributed by atoms with Gasteiger partial charge in [0.25, 0.3) is 0 Å². The van der Waals surface area contributed by atoms with Crippen molar-refractivity contribution in [2.45, 2.75) is 65.5 Å². The van der Waals surface area contributed by atoms with Crippen LogP contribution in [0.5, 0.6) is 0 Å². The van der Waals surface area contributed by atoms with Crippen LogP contribution >= 0.6 is 11.6 Å². The molecule has 0 amide bonds. The minimum absolute atomic E-state index is 0.313. The summed E-state index contributed by atoms with van der Waals surface area (Å²) in [6, 6.07) is 5.82. The maximum Gasteiger partial charge on any atom is 0.168 e. The predicted octanol–water partition coefficient (Wildman–Crippen LogP) is 5.38. The molecule has 0 N–H and O–H groups in total. The monoisotopic (exact) mass is 376 g/mol. The van der Waals surface area contributed by atoms with Crippen LogP contribution < -0.4 is 0 Å². The number of aryl methyl sites for hydroxylation is 1. The van der Waals surface area contributed by atoms with Crippen molar-refractivity contribution in [1.29, 1.82) is 0 Å². The van der Waals surface area contributed by atoms with E-state index in [2.05, 4.69) is 46.7 Å². The minimum Gasteiger partial charge on any atom is -0.296 e. The summed E-state index contributed by atoms with van der Waals surface area (Å²) in [5, 5.41) is 0.657. The second-order valence-corrected chi connectivity index (χ2v) is 9.27. The van der Waals surface area contributed by atoms with Crippen LogP contribution in [0.2, 0.25) is 5.02 Å². The fraction of sp³-hybridized carbons (Fsp3) is 0.636. The molecule has 3 nitrogen and oxygen atoms in total. The summed E-state index contributed by atoms with van der Waals surface area (Å²) in [4.78, 5) is 19.1. The number of carbonyl (C=O) groups is 1. The maximum absolute atomic E-state index is 11.9. The van der Waals surface area contributed by atoms with Gasteiger partial charge in [0.05, 0.1) is 0 Å². The lowest BCUT2D eigenvalue weighted by Gasteiger charge is -2.45. The number of hydrogen-bond donors (Lipinski definition) is 0. The molecule has 1 aromatic rings. The number of halogens is 1. The lowest BCUT2D eigenvalue weighted by molar-refractivity contribution is -0.102. The van der Waals surface area contributed by atoms with Gasteiger partial charge in [-0.15, -0.1) is 0 Å². The lowest BCUT2D eigenvalue weighted by Crippen LogP contribution is -2.47. The first-order valence-electron chi connectivity index (χ1n) is 9.63. The molecule has 1 aliphatic rings.